The monoisotopic (exact) mass is 164 g/mol. The highest BCUT2D eigenvalue weighted by Gasteiger charge is 1.88. The lowest BCUT2D eigenvalue weighted by atomic mass is 10.2. The fourth-order valence-corrected chi connectivity index (χ4v) is 0.773. The van der Waals surface area contributed by atoms with Crippen molar-refractivity contribution in [2.75, 3.05) is 0 Å². The molecule has 0 aliphatic heterocycles. The van der Waals surface area contributed by atoms with Crippen LogP contribution in [-0.4, -0.2) is 11.1 Å². The van der Waals surface area contributed by atoms with Crippen LogP contribution in [0.2, 0.25) is 0 Å². The van der Waals surface area contributed by atoms with E-state index >= 15 is 0 Å². The second kappa shape index (κ2) is 4.34. The maximum absolute atomic E-state index is 10.4. The number of rotatable bonds is 3. The summed E-state index contributed by atoms with van der Waals surface area (Å²) >= 11 is 0. The zero-order chi connectivity index (χ0) is 10.6. The fraction of sp³-hybridized carbons (Fsp3) is 0.100. The molecule has 0 aliphatic carbocycles. The van der Waals surface area contributed by atoms with Crippen molar-refractivity contribution in [2.45, 2.75) is 6.37 Å². The number of benzene rings is 1. The molecule has 0 saturated carbocycles. The normalized spacial score (nSPS) is 14.0. The SMILES string of the molecule is [2H]C([2H])(/C=C/c1ccccc1)C(=O)O. The van der Waals surface area contributed by atoms with Gasteiger partial charge in [0.1, 0.15) is 0 Å². The number of hydrogen-bond acceptors (Lipinski definition) is 1. The van der Waals surface area contributed by atoms with Crippen molar-refractivity contribution in [1.82, 2.24) is 0 Å². The van der Waals surface area contributed by atoms with Gasteiger partial charge in [-0.05, 0) is 5.56 Å². The Labute approximate surface area is 74.0 Å². The molecule has 0 amide bonds. The third-order valence-corrected chi connectivity index (χ3v) is 1.28. The lowest BCUT2D eigenvalue weighted by molar-refractivity contribution is -0.135. The first-order valence-electron chi connectivity index (χ1n) is 4.50. The lowest BCUT2D eigenvalue weighted by Crippen LogP contribution is -1.89. The molecule has 62 valence electrons. The summed E-state index contributed by atoms with van der Waals surface area (Å²) < 4.78 is 14.2. The van der Waals surface area contributed by atoms with E-state index in [9.17, 15) is 4.79 Å². The van der Waals surface area contributed by atoms with Gasteiger partial charge in [-0.1, -0.05) is 42.5 Å². The van der Waals surface area contributed by atoms with Gasteiger partial charge in [0.15, 0.2) is 0 Å². The number of hydrogen-bond donors (Lipinski definition) is 1. The van der Waals surface area contributed by atoms with Gasteiger partial charge in [0.25, 0.3) is 0 Å². The second-order valence-electron chi connectivity index (χ2n) is 2.19. The van der Waals surface area contributed by atoms with Crippen molar-refractivity contribution in [2.24, 2.45) is 0 Å². The minimum absolute atomic E-state index is 0.776. The van der Waals surface area contributed by atoms with Crippen molar-refractivity contribution >= 4 is 12.0 Å². The van der Waals surface area contributed by atoms with Crippen LogP contribution in [0.4, 0.5) is 0 Å². The van der Waals surface area contributed by atoms with Crippen molar-refractivity contribution in [3.8, 4) is 0 Å². The Balaban J connectivity index is 2.79. The van der Waals surface area contributed by atoms with Crippen LogP contribution in [0.5, 0.6) is 0 Å². The average molecular weight is 164 g/mol. The summed E-state index contributed by atoms with van der Waals surface area (Å²) in [6.45, 7) is 0. The van der Waals surface area contributed by atoms with Gasteiger partial charge in [-0.3, -0.25) is 4.79 Å². The van der Waals surface area contributed by atoms with Crippen LogP contribution in [0.1, 0.15) is 14.7 Å². The Hall–Kier alpha value is -1.57. The Kier molecular flexibility index (Phi) is 2.17. The van der Waals surface area contributed by atoms with Gasteiger partial charge in [-0.15, -0.1) is 0 Å². The first kappa shape index (κ1) is 6.00. The summed E-state index contributed by atoms with van der Waals surface area (Å²) in [5, 5.41) is 8.49. The van der Waals surface area contributed by atoms with Crippen LogP contribution < -0.4 is 0 Å². The molecule has 0 bridgehead atoms. The molecule has 0 fully saturated rings. The Bertz CT molecular complexity index is 344. The smallest absolute Gasteiger partial charge is 0.307 e. The summed E-state index contributed by atoms with van der Waals surface area (Å²) in [7, 11) is 0. The van der Waals surface area contributed by atoms with E-state index in [0.29, 0.717) is 0 Å². The highest BCUT2D eigenvalue weighted by atomic mass is 16.4. The summed E-state index contributed by atoms with van der Waals surface area (Å²) in [6, 6.07) is 8.98. The molecular formula is C10H10O2. The zero-order valence-corrected chi connectivity index (χ0v) is 6.40. The molecule has 12 heavy (non-hydrogen) atoms. The van der Waals surface area contributed by atoms with E-state index in [4.69, 9.17) is 7.85 Å². The summed E-state index contributed by atoms with van der Waals surface area (Å²) in [5.41, 5.74) is 0.776. The average Bonchev–Trinajstić information content (AvgIpc) is 2.16. The quantitative estimate of drug-likeness (QED) is 0.743. The third-order valence-electron chi connectivity index (χ3n) is 1.28. The molecular weight excluding hydrogens is 152 g/mol. The van der Waals surface area contributed by atoms with Crippen LogP contribution in [-0.2, 0) is 4.79 Å². The van der Waals surface area contributed by atoms with Crippen LogP contribution in [0.25, 0.3) is 6.08 Å². The molecule has 0 saturated heterocycles. The molecule has 0 radical (unpaired) electrons. The zero-order valence-electron chi connectivity index (χ0n) is 8.40. The van der Waals surface area contributed by atoms with Crippen LogP contribution in [0.3, 0.4) is 0 Å². The van der Waals surface area contributed by atoms with Crippen molar-refractivity contribution in [1.29, 1.82) is 0 Å². The first-order valence-corrected chi connectivity index (χ1v) is 3.50. The van der Waals surface area contributed by atoms with Gasteiger partial charge < -0.3 is 5.11 Å². The Morgan fingerprint density at radius 3 is 2.75 bits per heavy atom. The predicted octanol–water partition coefficient (Wildman–Crippen LogP) is 2.17. The molecule has 1 rings (SSSR count). The molecule has 1 aromatic carbocycles. The fourth-order valence-electron chi connectivity index (χ4n) is 0.773. The highest BCUT2D eigenvalue weighted by Crippen LogP contribution is 2.01. The van der Waals surface area contributed by atoms with Crippen LogP contribution in [0, 0.1) is 0 Å². The Morgan fingerprint density at radius 2 is 2.17 bits per heavy atom. The topological polar surface area (TPSA) is 37.3 Å². The molecule has 0 aromatic heterocycles. The summed E-state index contributed by atoms with van der Waals surface area (Å²) in [4.78, 5) is 10.4. The van der Waals surface area contributed by atoms with Crippen molar-refractivity contribution in [3.63, 3.8) is 0 Å². The van der Waals surface area contributed by atoms with E-state index < -0.39 is 12.3 Å². The molecule has 2 nitrogen and oxygen atoms in total. The minimum Gasteiger partial charge on any atom is -0.481 e. The molecule has 1 aromatic rings. The third kappa shape index (κ3) is 3.01. The minimum atomic E-state index is -2.31. The van der Waals surface area contributed by atoms with E-state index in [2.05, 4.69) is 0 Å². The van der Waals surface area contributed by atoms with Gasteiger partial charge in [0.2, 0.25) is 0 Å². The van der Waals surface area contributed by atoms with Gasteiger partial charge >= 0.3 is 5.97 Å². The van der Waals surface area contributed by atoms with Crippen molar-refractivity contribution < 1.29 is 12.6 Å². The maximum Gasteiger partial charge on any atom is 0.307 e. The predicted molar refractivity (Wildman–Crippen MR) is 47.7 cm³/mol. The van der Waals surface area contributed by atoms with E-state index in [1.807, 2.05) is 6.07 Å². The van der Waals surface area contributed by atoms with Gasteiger partial charge in [-0.2, -0.15) is 0 Å². The molecule has 0 spiro atoms. The number of carbonyl (C=O) groups is 1. The highest BCUT2D eigenvalue weighted by molar-refractivity contribution is 5.70. The maximum atomic E-state index is 10.4. The number of carboxylic acids is 1. The van der Waals surface area contributed by atoms with E-state index in [-0.39, 0.29) is 0 Å². The number of carboxylic acid groups (broad SMARTS) is 1. The molecule has 2 heteroatoms. The van der Waals surface area contributed by atoms with E-state index in [1.54, 1.807) is 24.3 Å². The summed E-state index contributed by atoms with van der Waals surface area (Å²) in [5.74, 6) is -1.48. The second-order valence-corrected chi connectivity index (χ2v) is 2.19. The first-order chi connectivity index (χ1) is 6.52. The standard InChI is InChI=1S/C10H10O2/c11-10(12)8-4-7-9-5-2-1-3-6-9/h1-7H,8H2,(H,11,12)/b7-4+/i8D2. The molecule has 0 aliphatic rings. The van der Waals surface area contributed by atoms with Gasteiger partial charge in [-0.25, -0.2) is 0 Å². The Morgan fingerprint density at radius 1 is 1.50 bits per heavy atom. The van der Waals surface area contributed by atoms with Gasteiger partial charge in [0, 0.05) is 2.74 Å². The molecule has 1 N–H and O–H groups in total. The molecule has 0 atom stereocenters. The lowest BCUT2D eigenvalue weighted by Gasteiger charge is -1.89. The molecule has 0 heterocycles. The van der Waals surface area contributed by atoms with E-state index in [0.717, 1.165) is 11.6 Å². The largest absolute Gasteiger partial charge is 0.481 e. The van der Waals surface area contributed by atoms with Crippen molar-refractivity contribution in [3.05, 3.63) is 42.0 Å². The number of aliphatic carboxylic acids is 1. The summed E-state index contributed by atoms with van der Waals surface area (Å²) in [6.07, 6.45) is 0.175. The molecule has 0 unspecified atom stereocenters. The van der Waals surface area contributed by atoms with Crippen LogP contribution in [0.15, 0.2) is 36.4 Å². The van der Waals surface area contributed by atoms with Gasteiger partial charge in [0.05, 0.1) is 6.37 Å². The van der Waals surface area contributed by atoms with E-state index in [1.165, 1.54) is 6.08 Å². The van der Waals surface area contributed by atoms with Crippen LogP contribution >= 0.6 is 0 Å².